The van der Waals surface area contributed by atoms with Gasteiger partial charge in [0.25, 0.3) is 0 Å². The number of rotatable bonds is 5. The third kappa shape index (κ3) is 8.66. The van der Waals surface area contributed by atoms with Gasteiger partial charge in [-0.15, -0.1) is 0 Å². The van der Waals surface area contributed by atoms with E-state index in [2.05, 4.69) is 4.18 Å². The van der Waals surface area contributed by atoms with Gasteiger partial charge in [-0.1, -0.05) is 39.0 Å². The summed E-state index contributed by atoms with van der Waals surface area (Å²) in [6.45, 7) is 4.03. The first-order valence-electron chi connectivity index (χ1n) is 7.35. The van der Waals surface area contributed by atoms with E-state index in [-0.39, 0.29) is 19.2 Å². The zero-order valence-corrected chi connectivity index (χ0v) is 16.9. The molecule has 0 fully saturated rings. The first-order valence-corrected chi connectivity index (χ1v) is 8.76. The Balaban J connectivity index is 0. The van der Waals surface area contributed by atoms with Crippen molar-refractivity contribution in [3.8, 4) is 5.75 Å². The maximum atomic E-state index is 12.2. The Labute approximate surface area is 163 Å². The van der Waals surface area contributed by atoms with Crippen LogP contribution in [0.25, 0.3) is 0 Å². The fourth-order valence-corrected chi connectivity index (χ4v) is 1.95. The highest BCUT2D eigenvalue weighted by Crippen LogP contribution is 2.34. The Kier molecular flexibility index (Phi) is 10.9. The van der Waals surface area contributed by atoms with Crippen LogP contribution in [-0.4, -0.2) is 54.6 Å². The number of aliphatic hydroxyl groups is 3. The maximum absolute atomic E-state index is 12.2. The van der Waals surface area contributed by atoms with Gasteiger partial charge in [0.15, 0.2) is 0 Å². The van der Waals surface area contributed by atoms with Crippen molar-refractivity contribution < 1.29 is 41.1 Å². The molecule has 1 aromatic carbocycles. The molecule has 0 amide bonds. The van der Waals surface area contributed by atoms with Gasteiger partial charge in [0, 0.05) is 5.56 Å². The molecule has 7 nitrogen and oxygen atoms in total. The standard InChI is InChI=1S/C11H13F3O3S.C4H11NO3.H2S/c1-10(2,3)8-6-4-5-7-9(8)17-18(15,16)11(12,13)14;5-4(1-6,2-7)3-8;/h4-7H,1-3H3;6-8H,1-3,5H2;1H2. The van der Waals surface area contributed by atoms with Crippen molar-refractivity contribution in [2.45, 2.75) is 37.2 Å². The summed E-state index contributed by atoms with van der Waals surface area (Å²) >= 11 is 0. The molecule has 0 aliphatic rings. The number of para-hydroxylation sites is 1. The molecule has 0 heterocycles. The van der Waals surface area contributed by atoms with Crippen LogP contribution < -0.4 is 9.92 Å². The molecule has 5 N–H and O–H groups in total. The lowest BCUT2D eigenvalue weighted by Crippen LogP contribution is -2.50. The van der Waals surface area contributed by atoms with Gasteiger partial charge in [0.05, 0.1) is 25.4 Å². The van der Waals surface area contributed by atoms with Gasteiger partial charge >= 0.3 is 15.6 Å². The van der Waals surface area contributed by atoms with Crippen LogP contribution in [-0.2, 0) is 15.5 Å². The van der Waals surface area contributed by atoms with Crippen LogP contribution in [0, 0.1) is 0 Å². The second-order valence-electron chi connectivity index (χ2n) is 6.57. The Morgan fingerprint density at radius 2 is 1.41 bits per heavy atom. The second kappa shape index (κ2) is 10.5. The Bertz CT molecular complexity index is 663. The van der Waals surface area contributed by atoms with Crippen molar-refractivity contribution in [2.24, 2.45) is 5.73 Å². The molecule has 0 saturated carbocycles. The summed E-state index contributed by atoms with van der Waals surface area (Å²) in [7, 11) is -5.63. The van der Waals surface area contributed by atoms with Gasteiger partial charge in [-0.3, -0.25) is 0 Å². The summed E-state index contributed by atoms with van der Waals surface area (Å²) in [5, 5.41) is 25.0. The molecule has 12 heteroatoms. The summed E-state index contributed by atoms with van der Waals surface area (Å²) in [4.78, 5) is 0. The van der Waals surface area contributed by atoms with E-state index in [0.717, 1.165) is 0 Å². The van der Waals surface area contributed by atoms with E-state index >= 15 is 0 Å². The van der Waals surface area contributed by atoms with Gasteiger partial charge in [-0.2, -0.15) is 35.1 Å². The molecule has 160 valence electrons. The number of nitrogens with two attached hydrogens (primary N) is 1. The van der Waals surface area contributed by atoms with Crippen molar-refractivity contribution >= 4 is 23.6 Å². The maximum Gasteiger partial charge on any atom is 0.534 e. The van der Waals surface area contributed by atoms with Crippen LogP contribution in [0.4, 0.5) is 13.2 Å². The van der Waals surface area contributed by atoms with Crippen molar-refractivity contribution in [1.29, 1.82) is 0 Å². The van der Waals surface area contributed by atoms with Crippen molar-refractivity contribution in [3.63, 3.8) is 0 Å². The normalized spacial score (nSPS) is 12.5. The summed E-state index contributed by atoms with van der Waals surface area (Å²) < 4.78 is 62.8. The number of halogens is 3. The van der Waals surface area contributed by atoms with Gasteiger partial charge in [-0.25, -0.2) is 0 Å². The summed E-state index contributed by atoms with van der Waals surface area (Å²) in [6.07, 6.45) is 0. The van der Waals surface area contributed by atoms with E-state index in [1.54, 1.807) is 26.8 Å². The Morgan fingerprint density at radius 3 is 1.70 bits per heavy atom. The van der Waals surface area contributed by atoms with E-state index in [9.17, 15) is 21.6 Å². The molecule has 0 aliphatic heterocycles. The number of alkyl halides is 3. The molecular weight excluding hydrogens is 411 g/mol. The fourth-order valence-electron chi connectivity index (χ4n) is 1.47. The molecule has 1 aromatic rings. The quantitative estimate of drug-likeness (QED) is 0.399. The van der Waals surface area contributed by atoms with Gasteiger partial charge < -0.3 is 25.2 Å². The Hall–Kier alpha value is -1.05. The second-order valence-corrected chi connectivity index (χ2v) is 8.10. The number of hydrogen-bond donors (Lipinski definition) is 4. The molecule has 1 rings (SSSR count). The number of benzene rings is 1. The lowest BCUT2D eigenvalue weighted by atomic mass is 9.86. The molecule has 0 radical (unpaired) electrons. The van der Waals surface area contributed by atoms with Crippen LogP contribution in [0.1, 0.15) is 26.3 Å². The van der Waals surface area contributed by atoms with Gasteiger partial charge in [0.2, 0.25) is 0 Å². The monoisotopic (exact) mass is 437 g/mol. The minimum Gasteiger partial charge on any atom is -0.394 e. The predicted octanol–water partition coefficient (Wildman–Crippen LogP) is 0.986. The van der Waals surface area contributed by atoms with Gasteiger partial charge in [0.1, 0.15) is 5.75 Å². The van der Waals surface area contributed by atoms with Crippen LogP contribution in [0.2, 0.25) is 0 Å². The fraction of sp³-hybridized carbons (Fsp3) is 0.600. The molecular formula is C15H26F3NO6S2. The lowest BCUT2D eigenvalue weighted by Gasteiger charge is -2.22. The van der Waals surface area contributed by atoms with E-state index < -0.39 is 46.4 Å². The van der Waals surface area contributed by atoms with Crippen molar-refractivity contribution in [1.82, 2.24) is 0 Å². The third-order valence-electron chi connectivity index (χ3n) is 3.12. The molecule has 27 heavy (non-hydrogen) atoms. The highest BCUT2D eigenvalue weighted by Gasteiger charge is 2.49. The SMILES string of the molecule is CC(C)(C)c1ccccc1OS(=O)(=O)C(F)(F)F.NC(CO)(CO)CO.S. The van der Waals surface area contributed by atoms with Gasteiger partial charge in [-0.05, 0) is 11.5 Å². The van der Waals surface area contributed by atoms with Crippen LogP contribution in [0.15, 0.2) is 24.3 Å². The molecule has 0 aliphatic carbocycles. The molecule has 0 atom stereocenters. The zero-order chi connectivity index (χ0) is 20.8. The topological polar surface area (TPSA) is 130 Å². The van der Waals surface area contributed by atoms with E-state index in [0.29, 0.717) is 5.56 Å². The largest absolute Gasteiger partial charge is 0.534 e. The van der Waals surface area contributed by atoms with Crippen LogP contribution in [0.5, 0.6) is 5.75 Å². The lowest BCUT2D eigenvalue weighted by molar-refractivity contribution is -0.0500. The average molecular weight is 438 g/mol. The smallest absolute Gasteiger partial charge is 0.394 e. The molecule has 0 bridgehead atoms. The molecule has 0 spiro atoms. The van der Waals surface area contributed by atoms with Crippen LogP contribution in [0.3, 0.4) is 0 Å². The van der Waals surface area contributed by atoms with E-state index in [4.69, 9.17) is 21.1 Å². The summed E-state index contributed by atoms with van der Waals surface area (Å²) in [5.41, 5.74) is -1.64. The Morgan fingerprint density at radius 1 is 1.00 bits per heavy atom. The number of hydrogen-bond acceptors (Lipinski definition) is 7. The molecule has 0 aromatic heterocycles. The summed E-state index contributed by atoms with van der Waals surface area (Å²) in [6, 6.07) is 5.75. The molecule has 0 unspecified atom stereocenters. The van der Waals surface area contributed by atoms with Crippen molar-refractivity contribution in [3.05, 3.63) is 29.8 Å². The highest BCUT2D eigenvalue weighted by atomic mass is 32.2. The third-order valence-corrected chi connectivity index (χ3v) is 4.09. The van der Waals surface area contributed by atoms with Crippen molar-refractivity contribution in [2.75, 3.05) is 19.8 Å². The first-order chi connectivity index (χ1) is 11.6. The number of aliphatic hydroxyl groups excluding tert-OH is 3. The molecule has 0 saturated heterocycles. The minimum absolute atomic E-state index is 0. The summed E-state index contributed by atoms with van der Waals surface area (Å²) in [5.74, 6) is -0.303. The minimum atomic E-state index is -5.63. The van der Waals surface area contributed by atoms with E-state index in [1.165, 1.54) is 18.2 Å². The predicted molar refractivity (Wildman–Crippen MR) is 99.3 cm³/mol. The first kappa shape index (κ1) is 28.2. The zero-order valence-electron chi connectivity index (χ0n) is 15.1. The van der Waals surface area contributed by atoms with E-state index in [1.807, 2.05) is 0 Å². The highest BCUT2D eigenvalue weighted by molar-refractivity contribution is 7.88. The average Bonchev–Trinajstić information content (AvgIpc) is 2.53. The van der Waals surface area contributed by atoms with Crippen LogP contribution >= 0.6 is 13.5 Å².